The van der Waals surface area contributed by atoms with Gasteiger partial charge >= 0.3 is 0 Å². The van der Waals surface area contributed by atoms with Crippen molar-refractivity contribution in [2.24, 2.45) is 5.92 Å². The minimum atomic E-state index is 0.0738. The molecule has 0 saturated heterocycles. The summed E-state index contributed by atoms with van der Waals surface area (Å²) in [5.41, 5.74) is 4.41. The van der Waals surface area contributed by atoms with Crippen LogP contribution >= 0.6 is 0 Å². The highest BCUT2D eigenvalue weighted by atomic mass is 16.1. The Morgan fingerprint density at radius 1 is 1.20 bits per heavy atom. The molecule has 0 radical (unpaired) electrons. The Labute approximate surface area is 151 Å². The van der Waals surface area contributed by atoms with E-state index in [1.54, 1.807) is 0 Å². The van der Waals surface area contributed by atoms with Crippen molar-refractivity contribution in [1.82, 2.24) is 15.1 Å². The van der Waals surface area contributed by atoms with Gasteiger partial charge in [-0.2, -0.15) is 5.10 Å². The maximum absolute atomic E-state index is 12.5. The van der Waals surface area contributed by atoms with Crippen LogP contribution in [0.2, 0.25) is 0 Å². The molecule has 1 atom stereocenters. The van der Waals surface area contributed by atoms with E-state index < -0.39 is 0 Å². The van der Waals surface area contributed by atoms with Gasteiger partial charge in [-0.15, -0.1) is 0 Å². The summed E-state index contributed by atoms with van der Waals surface area (Å²) in [6.07, 6.45) is 1.41. The first-order valence-corrected chi connectivity index (χ1v) is 9.26. The molecular formula is C21H31N3O. The monoisotopic (exact) mass is 341 g/mol. The number of carbonyl (C=O) groups is 1. The molecule has 0 fully saturated rings. The number of aryl methyl sites for hydroxylation is 1. The number of nitrogens with zero attached hydrogens (tertiary/aromatic N) is 2. The zero-order valence-corrected chi connectivity index (χ0v) is 16.2. The lowest BCUT2D eigenvalue weighted by molar-refractivity contribution is -0.120. The van der Waals surface area contributed by atoms with Crippen LogP contribution in [-0.2, 0) is 17.8 Å². The van der Waals surface area contributed by atoms with E-state index in [9.17, 15) is 4.79 Å². The lowest BCUT2D eigenvalue weighted by Crippen LogP contribution is -2.29. The lowest BCUT2D eigenvalue weighted by Gasteiger charge is -2.16. The fourth-order valence-corrected chi connectivity index (χ4v) is 3.20. The summed E-state index contributed by atoms with van der Waals surface area (Å²) in [6.45, 7) is 12.1. The molecule has 0 saturated carbocycles. The quantitative estimate of drug-likeness (QED) is 0.788. The van der Waals surface area contributed by atoms with Gasteiger partial charge < -0.3 is 5.32 Å². The highest BCUT2D eigenvalue weighted by Gasteiger charge is 2.16. The Morgan fingerprint density at radius 2 is 1.88 bits per heavy atom. The van der Waals surface area contributed by atoms with E-state index in [-0.39, 0.29) is 5.91 Å². The summed E-state index contributed by atoms with van der Waals surface area (Å²) < 4.78 is 2.03. The fraction of sp³-hybridized carbons (Fsp3) is 0.524. The van der Waals surface area contributed by atoms with Gasteiger partial charge in [0.15, 0.2) is 0 Å². The number of carbonyl (C=O) groups excluding carboxylic acids is 1. The largest absolute Gasteiger partial charge is 0.355 e. The molecular weight excluding hydrogens is 310 g/mol. The van der Waals surface area contributed by atoms with Gasteiger partial charge in [-0.1, -0.05) is 51.1 Å². The third kappa shape index (κ3) is 5.18. The third-order valence-corrected chi connectivity index (χ3v) is 4.72. The van der Waals surface area contributed by atoms with Crippen molar-refractivity contribution in [3.63, 3.8) is 0 Å². The first-order chi connectivity index (χ1) is 11.9. The van der Waals surface area contributed by atoms with Gasteiger partial charge in [-0.3, -0.25) is 9.48 Å². The normalized spacial score (nSPS) is 12.4. The number of hydrogen-bond donors (Lipinski definition) is 1. The molecule has 0 aliphatic heterocycles. The Bertz CT molecular complexity index is 689. The van der Waals surface area contributed by atoms with Crippen LogP contribution < -0.4 is 5.32 Å². The minimum absolute atomic E-state index is 0.0738. The number of rotatable bonds is 8. The second-order valence-corrected chi connectivity index (χ2v) is 7.22. The smallest absolute Gasteiger partial charge is 0.224 e. The van der Waals surface area contributed by atoms with E-state index in [2.05, 4.69) is 62.4 Å². The van der Waals surface area contributed by atoms with Crippen molar-refractivity contribution in [1.29, 1.82) is 0 Å². The van der Waals surface area contributed by atoms with Gasteiger partial charge in [-0.05, 0) is 31.7 Å². The van der Waals surface area contributed by atoms with Crippen LogP contribution in [0.1, 0.15) is 55.6 Å². The summed E-state index contributed by atoms with van der Waals surface area (Å²) in [4.78, 5) is 12.5. The molecule has 136 valence electrons. The Balaban J connectivity index is 1.97. The molecule has 1 amide bonds. The van der Waals surface area contributed by atoms with Crippen molar-refractivity contribution < 1.29 is 4.79 Å². The predicted octanol–water partition coefficient (Wildman–Crippen LogP) is 4.01. The van der Waals surface area contributed by atoms with E-state index in [0.717, 1.165) is 29.9 Å². The molecule has 4 nitrogen and oxygen atoms in total. The number of amides is 1. The number of nitrogens with one attached hydrogen (secondary N) is 1. The zero-order valence-electron chi connectivity index (χ0n) is 16.2. The number of aromatic nitrogens is 2. The Morgan fingerprint density at radius 3 is 2.48 bits per heavy atom. The van der Waals surface area contributed by atoms with Crippen LogP contribution in [0.15, 0.2) is 30.3 Å². The molecule has 1 aromatic carbocycles. The molecule has 1 heterocycles. The van der Waals surface area contributed by atoms with E-state index in [1.807, 2.05) is 17.7 Å². The SMILES string of the molecule is CCC(CNC(=O)Cc1c(C)nn(CC(C)C)c1C)c1ccccc1. The second kappa shape index (κ2) is 8.84. The highest BCUT2D eigenvalue weighted by Crippen LogP contribution is 2.19. The molecule has 1 N–H and O–H groups in total. The molecule has 2 rings (SSSR count). The van der Waals surface area contributed by atoms with Gasteiger partial charge in [0.2, 0.25) is 5.91 Å². The molecule has 2 aromatic rings. The van der Waals surface area contributed by atoms with Crippen molar-refractivity contribution in [3.05, 3.63) is 52.8 Å². The van der Waals surface area contributed by atoms with Gasteiger partial charge in [-0.25, -0.2) is 0 Å². The average molecular weight is 341 g/mol. The maximum atomic E-state index is 12.5. The Kier molecular flexibility index (Phi) is 6.80. The summed E-state index contributed by atoms with van der Waals surface area (Å²) in [5, 5.41) is 7.71. The molecule has 4 heteroatoms. The van der Waals surface area contributed by atoms with E-state index in [4.69, 9.17) is 0 Å². The van der Waals surface area contributed by atoms with E-state index >= 15 is 0 Å². The molecule has 0 aliphatic carbocycles. The average Bonchev–Trinajstić information content (AvgIpc) is 2.83. The van der Waals surface area contributed by atoms with Crippen LogP contribution in [-0.4, -0.2) is 22.2 Å². The van der Waals surface area contributed by atoms with Gasteiger partial charge in [0, 0.05) is 30.3 Å². The third-order valence-electron chi connectivity index (χ3n) is 4.72. The van der Waals surface area contributed by atoms with Crippen molar-refractivity contribution >= 4 is 5.91 Å². The van der Waals surface area contributed by atoms with Crippen LogP contribution in [0.5, 0.6) is 0 Å². The second-order valence-electron chi connectivity index (χ2n) is 7.22. The lowest BCUT2D eigenvalue weighted by atomic mass is 9.96. The summed E-state index contributed by atoms with van der Waals surface area (Å²) in [6, 6.07) is 10.4. The van der Waals surface area contributed by atoms with E-state index in [1.165, 1.54) is 5.56 Å². The van der Waals surface area contributed by atoms with Crippen LogP contribution in [0.25, 0.3) is 0 Å². The van der Waals surface area contributed by atoms with Gasteiger partial charge in [0.05, 0.1) is 12.1 Å². The number of benzene rings is 1. The summed E-state index contributed by atoms with van der Waals surface area (Å²) in [7, 11) is 0. The van der Waals surface area contributed by atoms with Crippen molar-refractivity contribution in [2.75, 3.05) is 6.54 Å². The standard InChI is InChI=1S/C21H31N3O/c1-6-18(19-10-8-7-9-11-19)13-22-21(25)12-20-16(4)23-24(17(20)5)14-15(2)3/h7-11,15,18H,6,12-14H2,1-5H3,(H,22,25). The summed E-state index contributed by atoms with van der Waals surface area (Å²) in [5.74, 6) is 0.969. The Hall–Kier alpha value is -2.10. The summed E-state index contributed by atoms with van der Waals surface area (Å²) >= 11 is 0. The van der Waals surface area contributed by atoms with Crippen LogP contribution in [0.4, 0.5) is 0 Å². The first-order valence-electron chi connectivity index (χ1n) is 9.26. The topological polar surface area (TPSA) is 46.9 Å². The van der Waals surface area contributed by atoms with Crippen molar-refractivity contribution in [3.8, 4) is 0 Å². The van der Waals surface area contributed by atoms with Crippen LogP contribution in [0, 0.1) is 19.8 Å². The predicted molar refractivity (Wildman–Crippen MR) is 103 cm³/mol. The maximum Gasteiger partial charge on any atom is 0.224 e. The van der Waals surface area contributed by atoms with Crippen LogP contribution in [0.3, 0.4) is 0 Å². The van der Waals surface area contributed by atoms with E-state index in [0.29, 0.717) is 24.8 Å². The number of hydrogen-bond acceptors (Lipinski definition) is 2. The van der Waals surface area contributed by atoms with Gasteiger partial charge in [0.25, 0.3) is 0 Å². The molecule has 1 unspecified atom stereocenters. The molecule has 0 aliphatic rings. The fourth-order valence-electron chi connectivity index (χ4n) is 3.20. The highest BCUT2D eigenvalue weighted by molar-refractivity contribution is 5.79. The molecule has 0 bridgehead atoms. The minimum Gasteiger partial charge on any atom is -0.355 e. The van der Waals surface area contributed by atoms with Gasteiger partial charge in [0.1, 0.15) is 0 Å². The molecule has 1 aromatic heterocycles. The molecule has 0 spiro atoms. The first kappa shape index (κ1) is 19.2. The zero-order chi connectivity index (χ0) is 18.4. The van der Waals surface area contributed by atoms with Crippen molar-refractivity contribution in [2.45, 2.75) is 59.9 Å². The molecule has 25 heavy (non-hydrogen) atoms.